The average molecular weight is 259 g/mol. The summed E-state index contributed by atoms with van der Waals surface area (Å²) in [6.07, 6.45) is 8.03. The van der Waals surface area contributed by atoms with Crippen LogP contribution in [0.4, 0.5) is 0 Å². The Morgan fingerprint density at radius 1 is 1.32 bits per heavy atom. The molecule has 102 valence electrons. The number of nitrogens with one attached hydrogen (secondary N) is 1. The molecule has 0 atom stereocenters. The third kappa shape index (κ3) is 4.75. The summed E-state index contributed by atoms with van der Waals surface area (Å²) in [5.41, 5.74) is 1.26. The highest BCUT2D eigenvalue weighted by Crippen LogP contribution is 2.12. The molecule has 1 heterocycles. The minimum atomic E-state index is 0.891. The van der Waals surface area contributed by atoms with Crippen LogP contribution in [0.25, 0.3) is 0 Å². The summed E-state index contributed by atoms with van der Waals surface area (Å²) >= 11 is 0. The SMILES string of the molecule is COc1cccc(CNCCCCn2ccnc2)c1. The van der Waals surface area contributed by atoms with Gasteiger partial charge in [0.15, 0.2) is 0 Å². The molecule has 0 amide bonds. The van der Waals surface area contributed by atoms with Crippen molar-refractivity contribution in [1.82, 2.24) is 14.9 Å². The molecular weight excluding hydrogens is 238 g/mol. The predicted octanol–water partition coefficient (Wildman–Crippen LogP) is 2.46. The van der Waals surface area contributed by atoms with Gasteiger partial charge in [-0.15, -0.1) is 0 Å². The number of unbranched alkanes of at least 4 members (excludes halogenated alkanes) is 1. The van der Waals surface area contributed by atoms with Gasteiger partial charge in [0, 0.05) is 25.5 Å². The third-order valence-electron chi connectivity index (χ3n) is 3.04. The van der Waals surface area contributed by atoms with Crippen LogP contribution >= 0.6 is 0 Å². The Morgan fingerprint density at radius 2 is 2.26 bits per heavy atom. The third-order valence-corrected chi connectivity index (χ3v) is 3.04. The van der Waals surface area contributed by atoms with Gasteiger partial charge in [0.25, 0.3) is 0 Å². The lowest BCUT2D eigenvalue weighted by Crippen LogP contribution is -2.15. The minimum absolute atomic E-state index is 0.891. The highest BCUT2D eigenvalue weighted by Gasteiger charge is 1.96. The number of nitrogens with zero attached hydrogens (tertiary/aromatic N) is 2. The monoisotopic (exact) mass is 259 g/mol. The molecule has 1 aromatic carbocycles. The maximum Gasteiger partial charge on any atom is 0.119 e. The van der Waals surface area contributed by atoms with E-state index in [-0.39, 0.29) is 0 Å². The smallest absolute Gasteiger partial charge is 0.119 e. The van der Waals surface area contributed by atoms with Crippen molar-refractivity contribution >= 4 is 0 Å². The lowest BCUT2D eigenvalue weighted by molar-refractivity contribution is 0.414. The summed E-state index contributed by atoms with van der Waals surface area (Å²) in [6.45, 7) is 2.97. The van der Waals surface area contributed by atoms with Crippen LogP contribution in [0.2, 0.25) is 0 Å². The summed E-state index contributed by atoms with van der Waals surface area (Å²) < 4.78 is 7.32. The maximum atomic E-state index is 5.20. The first-order valence-corrected chi connectivity index (χ1v) is 6.68. The summed E-state index contributed by atoms with van der Waals surface area (Å²) in [6, 6.07) is 8.17. The van der Waals surface area contributed by atoms with E-state index in [1.54, 1.807) is 7.11 Å². The van der Waals surface area contributed by atoms with Crippen molar-refractivity contribution in [2.75, 3.05) is 13.7 Å². The topological polar surface area (TPSA) is 39.1 Å². The molecule has 0 aliphatic carbocycles. The molecule has 2 aromatic rings. The molecule has 0 aliphatic rings. The van der Waals surface area contributed by atoms with Crippen LogP contribution in [0.3, 0.4) is 0 Å². The molecule has 0 fully saturated rings. The van der Waals surface area contributed by atoms with Crippen LogP contribution < -0.4 is 10.1 Å². The second-order valence-corrected chi connectivity index (χ2v) is 4.54. The molecule has 1 aromatic heterocycles. The van der Waals surface area contributed by atoms with Crippen LogP contribution in [0.15, 0.2) is 43.0 Å². The zero-order chi connectivity index (χ0) is 13.3. The van der Waals surface area contributed by atoms with E-state index in [1.807, 2.05) is 30.9 Å². The van der Waals surface area contributed by atoms with Crippen molar-refractivity contribution in [1.29, 1.82) is 0 Å². The van der Waals surface area contributed by atoms with Gasteiger partial charge in [-0.25, -0.2) is 4.98 Å². The molecule has 0 saturated carbocycles. The molecule has 0 radical (unpaired) electrons. The fraction of sp³-hybridized carbons (Fsp3) is 0.400. The van der Waals surface area contributed by atoms with Crippen LogP contribution in [0.5, 0.6) is 5.75 Å². The van der Waals surface area contributed by atoms with Crippen molar-refractivity contribution in [2.24, 2.45) is 0 Å². The lowest BCUT2D eigenvalue weighted by atomic mass is 10.2. The minimum Gasteiger partial charge on any atom is -0.497 e. The van der Waals surface area contributed by atoms with Gasteiger partial charge in [-0.05, 0) is 37.1 Å². The normalized spacial score (nSPS) is 10.6. The molecule has 4 nitrogen and oxygen atoms in total. The quantitative estimate of drug-likeness (QED) is 0.740. The Bertz CT molecular complexity index is 468. The van der Waals surface area contributed by atoms with E-state index < -0.39 is 0 Å². The van der Waals surface area contributed by atoms with Crippen molar-refractivity contribution in [3.8, 4) is 5.75 Å². The number of imidazole rings is 1. The van der Waals surface area contributed by atoms with E-state index in [2.05, 4.69) is 27.0 Å². The fourth-order valence-corrected chi connectivity index (χ4v) is 1.98. The Kier molecular flexibility index (Phi) is 5.44. The molecule has 1 N–H and O–H groups in total. The standard InChI is InChI=1S/C15H21N3O/c1-19-15-6-4-5-14(11-15)12-16-7-2-3-9-18-10-8-17-13-18/h4-6,8,10-11,13,16H,2-3,7,9,12H2,1H3. The predicted molar refractivity (Wildman–Crippen MR) is 76.2 cm³/mol. The van der Waals surface area contributed by atoms with Gasteiger partial charge in [-0.1, -0.05) is 12.1 Å². The number of aromatic nitrogens is 2. The molecule has 0 bridgehead atoms. The Labute approximate surface area is 114 Å². The van der Waals surface area contributed by atoms with E-state index in [1.165, 1.54) is 18.4 Å². The molecular formula is C15H21N3O. The van der Waals surface area contributed by atoms with Gasteiger partial charge in [-0.3, -0.25) is 0 Å². The largest absolute Gasteiger partial charge is 0.497 e. The molecule has 0 aliphatic heterocycles. The zero-order valence-corrected chi connectivity index (χ0v) is 11.4. The number of rotatable bonds is 8. The van der Waals surface area contributed by atoms with E-state index in [9.17, 15) is 0 Å². The van der Waals surface area contributed by atoms with Gasteiger partial charge >= 0.3 is 0 Å². The first-order chi connectivity index (χ1) is 9.38. The van der Waals surface area contributed by atoms with Crippen molar-refractivity contribution in [3.63, 3.8) is 0 Å². The average Bonchev–Trinajstić information content (AvgIpc) is 2.96. The zero-order valence-electron chi connectivity index (χ0n) is 11.4. The fourth-order valence-electron chi connectivity index (χ4n) is 1.98. The van der Waals surface area contributed by atoms with Crippen LogP contribution in [0, 0.1) is 0 Å². The summed E-state index contributed by atoms with van der Waals surface area (Å²) in [5.74, 6) is 0.916. The van der Waals surface area contributed by atoms with Crippen molar-refractivity contribution in [3.05, 3.63) is 48.5 Å². The Balaban J connectivity index is 1.58. The van der Waals surface area contributed by atoms with Gasteiger partial charge in [-0.2, -0.15) is 0 Å². The van der Waals surface area contributed by atoms with E-state index in [0.717, 1.165) is 25.4 Å². The van der Waals surface area contributed by atoms with Gasteiger partial charge in [0.1, 0.15) is 5.75 Å². The molecule has 0 unspecified atom stereocenters. The molecule has 0 saturated heterocycles. The maximum absolute atomic E-state index is 5.20. The molecule has 4 heteroatoms. The van der Waals surface area contributed by atoms with Gasteiger partial charge < -0.3 is 14.6 Å². The summed E-state index contributed by atoms with van der Waals surface area (Å²) in [5, 5.41) is 3.45. The van der Waals surface area contributed by atoms with E-state index in [4.69, 9.17) is 4.74 Å². The summed E-state index contributed by atoms with van der Waals surface area (Å²) in [7, 11) is 1.70. The van der Waals surface area contributed by atoms with E-state index >= 15 is 0 Å². The number of aryl methyl sites for hydroxylation is 1. The number of methoxy groups -OCH3 is 1. The molecule has 19 heavy (non-hydrogen) atoms. The second-order valence-electron chi connectivity index (χ2n) is 4.54. The molecule has 0 spiro atoms. The van der Waals surface area contributed by atoms with Crippen LogP contribution in [-0.2, 0) is 13.1 Å². The van der Waals surface area contributed by atoms with Crippen molar-refractivity contribution < 1.29 is 4.74 Å². The van der Waals surface area contributed by atoms with Gasteiger partial charge in [0.05, 0.1) is 13.4 Å². The highest BCUT2D eigenvalue weighted by molar-refractivity contribution is 5.28. The highest BCUT2D eigenvalue weighted by atomic mass is 16.5. The first kappa shape index (κ1) is 13.6. The van der Waals surface area contributed by atoms with E-state index in [0.29, 0.717) is 0 Å². The number of benzene rings is 1. The first-order valence-electron chi connectivity index (χ1n) is 6.68. The molecule has 2 rings (SSSR count). The Hall–Kier alpha value is -1.81. The number of ether oxygens (including phenoxy) is 1. The summed E-state index contributed by atoms with van der Waals surface area (Å²) in [4.78, 5) is 4.03. The van der Waals surface area contributed by atoms with Crippen LogP contribution in [-0.4, -0.2) is 23.2 Å². The number of hydrogen-bond acceptors (Lipinski definition) is 3. The van der Waals surface area contributed by atoms with Gasteiger partial charge in [0.2, 0.25) is 0 Å². The lowest BCUT2D eigenvalue weighted by Gasteiger charge is -2.07. The Morgan fingerprint density at radius 3 is 3.05 bits per heavy atom. The van der Waals surface area contributed by atoms with Crippen LogP contribution in [0.1, 0.15) is 18.4 Å². The number of hydrogen-bond donors (Lipinski definition) is 1. The second kappa shape index (κ2) is 7.59. The van der Waals surface area contributed by atoms with Crippen molar-refractivity contribution in [2.45, 2.75) is 25.9 Å².